The summed E-state index contributed by atoms with van der Waals surface area (Å²) < 4.78 is 10.1. The molecule has 2 N–H and O–H groups in total. The van der Waals surface area contributed by atoms with Gasteiger partial charge in [0.05, 0.1) is 6.61 Å². The van der Waals surface area contributed by atoms with Crippen molar-refractivity contribution in [1.82, 2.24) is 10.6 Å². The summed E-state index contributed by atoms with van der Waals surface area (Å²) in [6, 6.07) is 7.25. The van der Waals surface area contributed by atoms with Gasteiger partial charge in [0.25, 0.3) is 0 Å². The number of aryl methyl sites for hydroxylation is 1. The molecule has 0 saturated heterocycles. The van der Waals surface area contributed by atoms with Crippen molar-refractivity contribution in [2.45, 2.75) is 26.7 Å². The number of rotatable bonds is 8. The summed E-state index contributed by atoms with van der Waals surface area (Å²) in [7, 11) is 0. The van der Waals surface area contributed by atoms with E-state index < -0.39 is 12.0 Å². The Bertz CT molecular complexity index is 445. The lowest BCUT2D eigenvalue weighted by Gasteiger charge is -2.09. The zero-order chi connectivity index (χ0) is 15.5. The van der Waals surface area contributed by atoms with Crippen molar-refractivity contribution in [2.24, 2.45) is 0 Å². The van der Waals surface area contributed by atoms with Crippen molar-refractivity contribution in [3.8, 4) is 5.75 Å². The monoisotopic (exact) mass is 294 g/mol. The fourth-order valence-corrected chi connectivity index (χ4v) is 1.65. The van der Waals surface area contributed by atoms with Crippen molar-refractivity contribution in [1.29, 1.82) is 0 Å². The summed E-state index contributed by atoms with van der Waals surface area (Å²) in [6.45, 7) is 3.99. The van der Waals surface area contributed by atoms with Crippen LogP contribution in [0.2, 0.25) is 0 Å². The summed E-state index contributed by atoms with van der Waals surface area (Å²) in [5, 5.41) is 4.86. The maximum absolute atomic E-state index is 11.4. The lowest BCUT2D eigenvalue weighted by Crippen LogP contribution is -2.40. The molecule has 0 spiro atoms. The van der Waals surface area contributed by atoms with Gasteiger partial charge in [0.1, 0.15) is 12.3 Å². The highest BCUT2D eigenvalue weighted by Crippen LogP contribution is 2.12. The molecular formula is C15H22N2O4. The topological polar surface area (TPSA) is 76.7 Å². The molecule has 0 aliphatic carbocycles. The molecule has 0 aliphatic rings. The standard InChI is InChI=1S/C15H22N2O4/c1-3-5-12-6-8-13(9-7-12)21-11-17-15(19)16-10-14(18)20-4-2/h6-9H,3-5,10-11H2,1-2H3,(H2,16,17,19). The third-order valence-electron chi connectivity index (χ3n) is 2.63. The van der Waals surface area contributed by atoms with Crippen LogP contribution >= 0.6 is 0 Å². The lowest BCUT2D eigenvalue weighted by molar-refractivity contribution is -0.141. The van der Waals surface area contributed by atoms with Gasteiger partial charge in [0.15, 0.2) is 6.73 Å². The van der Waals surface area contributed by atoms with Gasteiger partial charge in [-0.1, -0.05) is 25.5 Å². The van der Waals surface area contributed by atoms with E-state index >= 15 is 0 Å². The van der Waals surface area contributed by atoms with Crippen LogP contribution in [0.3, 0.4) is 0 Å². The van der Waals surface area contributed by atoms with Crippen LogP contribution in [0, 0.1) is 0 Å². The smallest absolute Gasteiger partial charge is 0.325 e. The van der Waals surface area contributed by atoms with Crippen molar-refractivity contribution in [3.63, 3.8) is 0 Å². The van der Waals surface area contributed by atoms with E-state index in [1.807, 2.05) is 24.3 Å². The molecule has 2 amide bonds. The van der Waals surface area contributed by atoms with Crippen LogP contribution in [0.1, 0.15) is 25.8 Å². The average Bonchev–Trinajstić information content (AvgIpc) is 2.48. The average molecular weight is 294 g/mol. The second-order valence-electron chi connectivity index (χ2n) is 4.35. The quantitative estimate of drug-likeness (QED) is 0.566. The van der Waals surface area contributed by atoms with Crippen LogP contribution in [-0.4, -0.2) is 31.9 Å². The van der Waals surface area contributed by atoms with Gasteiger partial charge in [-0.25, -0.2) is 4.79 Å². The molecule has 116 valence electrons. The second kappa shape index (κ2) is 9.63. The van der Waals surface area contributed by atoms with Gasteiger partial charge in [-0.15, -0.1) is 0 Å². The summed E-state index contributed by atoms with van der Waals surface area (Å²) in [6.07, 6.45) is 2.14. The number of hydrogen-bond donors (Lipinski definition) is 2. The summed E-state index contributed by atoms with van der Waals surface area (Å²) in [5.41, 5.74) is 1.25. The predicted octanol–water partition coefficient (Wildman–Crippen LogP) is 1.84. The fourth-order valence-electron chi connectivity index (χ4n) is 1.65. The van der Waals surface area contributed by atoms with E-state index in [-0.39, 0.29) is 13.3 Å². The van der Waals surface area contributed by atoms with Gasteiger partial charge in [0.2, 0.25) is 0 Å². The third-order valence-corrected chi connectivity index (χ3v) is 2.63. The highest BCUT2D eigenvalue weighted by atomic mass is 16.5. The number of amides is 2. The maximum atomic E-state index is 11.4. The minimum absolute atomic E-state index is 0.0295. The molecule has 0 aliphatic heterocycles. The first-order valence-electron chi connectivity index (χ1n) is 7.04. The van der Waals surface area contributed by atoms with Gasteiger partial charge in [-0.2, -0.15) is 0 Å². The van der Waals surface area contributed by atoms with Crippen molar-refractivity contribution in [3.05, 3.63) is 29.8 Å². The maximum Gasteiger partial charge on any atom is 0.325 e. The fraction of sp³-hybridized carbons (Fsp3) is 0.467. The molecular weight excluding hydrogens is 272 g/mol. The molecule has 0 saturated carbocycles. The van der Waals surface area contributed by atoms with Crippen LogP contribution < -0.4 is 15.4 Å². The Kier molecular flexibility index (Phi) is 7.71. The molecule has 0 atom stereocenters. The van der Waals surface area contributed by atoms with Gasteiger partial charge in [-0.05, 0) is 31.0 Å². The summed E-state index contributed by atoms with van der Waals surface area (Å²) >= 11 is 0. The van der Waals surface area contributed by atoms with Crippen molar-refractivity contribution in [2.75, 3.05) is 19.9 Å². The SMILES string of the molecule is CCCc1ccc(OCNC(=O)NCC(=O)OCC)cc1. The molecule has 1 aromatic rings. The minimum atomic E-state index is -0.481. The van der Waals surface area contributed by atoms with Gasteiger partial charge in [-0.3, -0.25) is 4.79 Å². The van der Waals surface area contributed by atoms with Gasteiger partial charge >= 0.3 is 12.0 Å². The van der Waals surface area contributed by atoms with Crippen molar-refractivity contribution < 1.29 is 19.1 Å². The first-order valence-corrected chi connectivity index (χ1v) is 7.04. The zero-order valence-electron chi connectivity index (χ0n) is 12.5. The van der Waals surface area contributed by atoms with Crippen LogP contribution in [0.15, 0.2) is 24.3 Å². The van der Waals surface area contributed by atoms with Gasteiger partial charge in [0, 0.05) is 0 Å². The first-order chi connectivity index (χ1) is 10.2. The molecule has 0 aromatic heterocycles. The highest BCUT2D eigenvalue weighted by molar-refractivity contribution is 5.80. The Morgan fingerprint density at radius 2 is 1.81 bits per heavy atom. The van der Waals surface area contributed by atoms with E-state index in [9.17, 15) is 9.59 Å². The van der Waals surface area contributed by atoms with E-state index in [4.69, 9.17) is 4.74 Å². The Hall–Kier alpha value is -2.24. The van der Waals surface area contributed by atoms with E-state index in [0.29, 0.717) is 12.4 Å². The minimum Gasteiger partial charge on any atom is -0.473 e. The number of carbonyl (C=O) groups is 2. The number of benzene rings is 1. The molecule has 0 radical (unpaired) electrons. The van der Waals surface area contributed by atoms with Crippen LogP contribution in [0.5, 0.6) is 5.75 Å². The molecule has 6 heteroatoms. The number of esters is 1. The molecule has 0 bridgehead atoms. The Labute approximate surface area is 124 Å². The molecule has 0 fully saturated rings. The summed E-state index contributed by atoms with van der Waals surface area (Å²) in [5.74, 6) is 0.209. The Balaban J connectivity index is 2.20. The predicted molar refractivity (Wildman–Crippen MR) is 79.1 cm³/mol. The number of hydrogen-bond acceptors (Lipinski definition) is 4. The first kappa shape index (κ1) is 16.8. The van der Waals surface area contributed by atoms with Crippen LogP contribution in [-0.2, 0) is 16.0 Å². The van der Waals surface area contributed by atoms with Gasteiger partial charge < -0.3 is 20.1 Å². The zero-order valence-corrected chi connectivity index (χ0v) is 12.5. The largest absolute Gasteiger partial charge is 0.473 e. The molecule has 0 unspecified atom stereocenters. The summed E-state index contributed by atoms with van der Waals surface area (Å²) in [4.78, 5) is 22.4. The third kappa shape index (κ3) is 7.20. The Morgan fingerprint density at radius 1 is 1.10 bits per heavy atom. The van der Waals surface area contributed by atoms with Crippen molar-refractivity contribution >= 4 is 12.0 Å². The molecule has 21 heavy (non-hydrogen) atoms. The van der Waals surface area contributed by atoms with E-state index in [1.165, 1.54) is 5.56 Å². The normalized spacial score (nSPS) is 9.81. The Morgan fingerprint density at radius 3 is 2.43 bits per heavy atom. The van der Waals surface area contributed by atoms with E-state index in [1.54, 1.807) is 6.92 Å². The number of nitrogens with one attached hydrogen (secondary N) is 2. The van der Waals surface area contributed by atoms with Crippen LogP contribution in [0.25, 0.3) is 0 Å². The van der Waals surface area contributed by atoms with Crippen LogP contribution in [0.4, 0.5) is 4.79 Å². The molecule has 1 aromatic carbocycles. The van der Waals surface area contributed by atoms with E-state index in [0.717, 1.165) is 12.8 Å². The second-order valence-corrected chi connectivity index (χ2v) is 4.35. The molecule has 1 rings (SSSR count). The number of carbonyl (C=O) groups excluding carboxylic acids is 2. The number of urea groups is 1. The van der Waals surface area contributed by atoms with E-state index in [2.05, 4.69) is 22.3 Å². The lowest BCUT2D eigenvalue weighted by atomic mass is 10.1. The number of ether oxygens (including phenoxy) is 2. The molecule has 0 heterocycles. The molecule has 6 nitrogen and oxygen atoms in total. The highest BCUT2D eigenvalue weighted by Gasteiger charge is 2.05.